The van der Waals surface area contributed by atoms with Gasteiger partial charge in [-0.2, -0.15) is 0 Å². The molecule has 0 aliphatic carbocycles. The molecule has 2 heterocycles. The van der Waals surface area contributed by atoms with E-state index in [9.17, 15) is 13.2 Å². The van der Waals surface area contributed by atoms with E-state index >= 15 is 0 Å². The molecule has 1 aliphatic rings. The molecule has 3 rings (SSSR count). The van der Waals surface area contributed by atoms with Crippen LogP contribution in [0.25, 0.3) is 0 Å². The van der Waals surface area contributed by atoms with Crippen molar-refractivity contribution in [3.05, 3.63) is 42.0 Å². The fourth-order valence-corrected chi connectivity index (χ4v) is 3.35. The number of nitrogens with one attached hydrogen (secondary N) is 2. The normalized spacial score (nSPS) is 14.3. The summed E-state index contributed by atoms with van der Waals surface area (Å²) in [5, 5.41) is 2.54. The molecule has 0 saturated heterocycles. The number of rotatable bonds is 3. The Morgan fingerprint density at radius 1 is 1.12 bits per heavy atom. The van der Waals surface area contributed by atoms with E-state index in [2.05, 4.69) is 35.8 Å². The van der Waals surface area contributed by atoms with Gasteiger partial charge in [-0.05, 0) is 35.2 Å². The molecule has 132 valence electrons. The van der Waals surface area contributed by atoms with Crippen molar-refractivity contribution < 1.29 is 17.9 Å². The average molecular weight is 361 g/mol. The Morgan fingerprint density at radius 2 is 1.80 bits per heavy atom. The zero-order valence-corrected chi connectivity index (χ0v) is 15.0. The maximum Gasteiger partial charge on any atom is 0.263 e. The standard InChI is InChI=1S/C17H19N3O4S/c1-17(2,3)11-4-6-12(7-5-11)25(22,23)20-14-9-8-13-16(18-14)19-15(21)10-24-13/h4-9H,10H2,1-3H3,(H2,18,19,20,21). The van der Waals surface area contributed by atoms with Crippen molar-refractivity contribution in [1.82, 2.24) is 4.98 Å². The van der Waals surface area contributed by atoms with Crippen LogP contribution in [0.5, 0.6) is 5.75 Å². The number of sulfonamides is 1. The Hall–Kier alpha value is -2.61. The van der Waals surface area contributed by atoms with Crippen molar-refractivity contribution in [1.29, 1.82) is 0 Å². The van der Waals surface area contributed by atoms with Crippen LogP contribution in [0.4, 0.5) is 11.6 Å². The molecule has 2 aromatic rings. The SMILES string of the molecule is CC(C)(C)c1ccc(S(=O)(=O)Nc2ccc3c(n2)NC(=O)CO3)cc1. The van der Waals surface area contributed by atoms with Gasteiger partial charge in [0.25, 0.3) is 15.9 Å². The highest BCUT2D eigenvalue weighted by molar-refractivity contribution is 7.92. The second-order valence-corrected chi connectivity index (χ2v) is 8.44. The van der Waals surface area contributed by atoms with Crippen LogP contribution in [-0.2, 0) is 20.2 Å². The number of aromatic nitrogens is 1. The van der Waals surface area contributed by atoms with E-state index in [1.807, 2.05) is 0 Å². The number of fused-ring (bicyclic) bond motifs is 1. The van der Waals surface area contributed by atoms with Crippen LogP contribution in [0.2, 0.25) is 0 Å². The molecular weight excluding hydrogens is 342 g/mol. The van der Waals surface area contributed by atoms with Gasteiger partial charge in [-0.3, -0.25) is 9.52 Å². The van der Waals surface area contributed by atoms with E-state index in [1.165, 1.54) is 6.07 Å². The van der Waals surface area contributed by atoms with Gasteiger partial charge in [0.05, 0.1) is 4.90 Å². The van der Waals surface area contributed by atoms with Gasteiger partial charge in [0.2, 0.25) is 0 Å². The fourth-order valence-electron chi connectivity index (χ4n) is 2.35. The number of anilines is 2. The zero-order valence-electron chi connectivity index (χ0n) is 14.2. The van der Waals surface area contributed by atoms with Gasteiger partial charge in [0.15, 0.2) is 18.2 Å². The quantitative estimate of drug-likeness (QED) is 0.875. The van der Waals surface area contributed by atoms with Crippen molar-refractivity contribution in [3.8, 4) is 5.75 Å². The molecule has 8 heteroatoms. The summed E-state index contributed by atoms with van der Waals surface area (Å²) in [4.78, 5) is 15.6. The van der Waals surface area contributed by atoms with Gasteiger partial charge in [-0.1, -0.05) is 32.9 Å². The number of hydrogen-bond donors (Lipinski definition) is 2. The smallest absolute Gasteiger partial charge is 0.263 e. The average Bonchev–Trinajstić information content (AvgIpc) is 2.53. The zero-order chi connectivity index (χ0) is 18.2. The van der Waals surface area contributed by atoms with Crippen molar-refractivity contribution in [3.63, 3.8) is 0 Å². The summed E-state index contributed by atoms with van der Waals surface area (Å²) in [6.45, 7) is 6.09. The number of hydrogen-bond acceptors (Lipinski definition) is 5. The van der Waals surface area contributed by atoms with E-state index in [4.69, 9.17) is 4.74 Å². The van der Waals surface area contributed by atoms with Gasteiger partial charge < -0.3 is 10.1 Å². The third-order valence-electron chi connectivity index (χ3n) is 3.74. The summed E-state index contributed by atoms with van der Waals surface area (Å²) in [6, 6.07) is 9.75. The highest BCUT2D eigenvalue weighted by Gasteiger charge is 2.21. The minimum absolute atomic E-state index is 0.0615. The molecule has 0 atom stereocenters. The number of ether oxygens (including phenoxy) is 1. The summed E-state index contributed by atoms with van der Waals surface area (Å²) >= 11 is 0. The van der Waals surface area contributed by atoms with Crippen molar-refractivity contribution in [2.45, 2.75) is 31.1 Å². The van der Waals surface area contributed by atoms with Crippen LogP contribution in [0.3, 0.4) is 0 Å². The van der Waals surface area contributed by atoms with Crippen LogP contribution < -0.4 is 14.8 Å². The third kappa shape index (κ3) is 3.74. The lowest BCUT2D eigenvalue weighted by Gasteiger charge is -2.19. The Kier molecular flexibility index (Phi) is 4.16. The topological polar surface area (TPSA) is 97.4 Å². The van der Waals surface area contributed by atoms with Crippen molar-refractivity contribution in [2.24, 2.45) is 0 Å². The van der Waals surface area contributed by atoms with E-state index in [0.29, 0.717) is 5.75 Å². The Bertz CT molecular complexity index is 916. The van der Waals surface area contributed by atoms with Crippen molar-refractivity contribution >= 4 is 27.6 Å². The lowest BCUT2D eigenvalue weighted by atomic mass is 9.87. The van der Waals surface area contributed by atoms with Crippen LogP contribution >= 0.6 is 0 Å². The molecular formula is C17H19N3O4S. The lowest BCUT2D eigenvalue weighted by molar-refractivity contribution is -0.118. The number of pyridine rings is 1. The monoisotopic (exact) mass is 361 g/mol. The maximum absolute atomic E-state index is 12.5. The van der Waals surface area contributed by atoms with E-state index < -0.39 is 10.0 Å². The maximum atomic E-state index is 12.5. The summed E-state index contributed by atoms with van der Waals surface area (Å²) < 4.78 is 32.7. The molecule has 2 N–H and O–H groups in total. The summed E-state index contributed by atoms with van der Waals surface area (Å²) in [6.07, 6.45) is 0. The highest BCUT2D eigenvalue weighted by atomic mass is 32.2. The summed E-state index contributed by atoms with van der Waals surface area (Å²) in [5.41, 5.74) is 0.978. The van der Waals surface area contributed by atoms with Crippen LogP contribution in [0, 0.1) is 0 Å². The minimum atomic E-state index is -3.78. The molecule has 0 fully saturated rings. The molecule has 0 radical (unpaired) electrons. The Balaban J connectivity index is 1.84. The van der Waals surface area contributed by atoms with E-state index in [0.717, 1.165) is 5.56 Å². The Labute approximate surface area is 146 Å². The van der Waals surface area contributed by atoms with Gasteiger partial charge in [-0.25, -0.2) is 13.4 Å². The molecule has 1 aromatic heterocycles. The predicted octanol–water partition coefficient (Wildman–Crippen LogP) is 2.51. The molecule has 25 heavy (non-hydrogen) atoms. The van der Waals surface area contributed by atoms with Crippen LogP contribution in [0.1, 0.15) is 26.3 Å². The lowest BCUT2D eigenvalue weighted by Crippen LogP contribution is -2.26. The minimum Gasteiger partial charge on any atom is -0.480 e. The molecule has 0 unspecified atom stereocenters. The molecule has 0 saturated carbocycles. The molecule has 7 nitrogen and oxygen atoms in total. The number of benzene rings is 1. The summed E-state index contributed by atoms with van der Waals surface area (Å²) in [5.74, 6) is 0.360. The van der Waals surface area contributed by atoms with E-state index in [-0.39, 0.29) is 34.5 Å². The fraction of sp³-hybridized carbons (Fsp3) is 0.294. The van der Waals surface area contributed by atoms with Gasteiger partial charge in [-0.15, -0.1) is 0 Å². The van der Waals surface area contributed by atoms with Gasteiger partial charge in [0.1, 0.15) is 5.82 Å². The second kappa shape index (κ2) is 6.03. The molecule has 0 bridgehead atoms. The van der Waals surface area contributed by atoms with Gasteiger partial charge in [0, 0.05) is 0 Å². The van der Waals surface area contributed by atoms with Crippen LogP contribution in [-0.4, -0.2) is 25.9 Å². The van der Waals surface area contributed by atoms with Crippen LogP contribution in [0.15, 0.2) is 41.3 Å². The first-order valence-corrected chi connectivity index (χ1v) is 9.20. The predicted molar refractivity (Wildman–Crippen MR) is 94.3 cm³/mol. The highest BCUT2D eigenvalue weighted by Crippen LogP contribution is 2.28. The molecule has 0 spiro atoms. The second-order valence-electron chi connectivity index (χ2n) is 6.76. The number of nitrogens with zero attached hydrogens (tertiary/aromatic N) is 1. The Morgan fingerprint density at radius 3 is 2.44 bits per heavy atom. The van der Waals surface area contributed by atoms with Crippen molar-refractivity contribution in [2.75, 3.05) is 16.6 Å². The molecule has 1 amide bonds. The number of carbonyl (C=O) groups excluding carboxylic acids is 1. The first kappa shape index (κ1) is 17.2. The molecule has 1 aliphatic heterocycles. The summed E-state index contributed by atoms with van der Waals surface area (Å²) in [7, 11) is -3.78. The van der Waals surface area contributed by atoms with Gasteiger partial charge >= 0.3 is 0 Å². The first-order chi connectivity index (χ1) is 11.6. The first-order valence-electron chi connectivity index (χ1n) is 7.72. The largest absolute Gasteiger partial charge is 0.480 e. The number of carbonyl (C=O) groups is 1. The number of amides is 1. The third-order valence-corrected chi connectivity index (χ3v) is 5.12. The molecule has 1 aromatic carbocycles. The van der Waals surface area contributed by atoms with E-state index in [1.54, 1.807) is 30.3 Å².